The van der Waals surface area contributed by atoms with Crippen molar-refractivity contribution in [3.05, 3.63) is 59.7 Å². The molecule has 1 aromatic carbocycles. The number of hydrogen-bond donors (Lipinski definition) is 1. The lowest BCUT2D eigenvalue weighted by molar-refractivity contribution is 0.0746. The molecule has 0 saturated carbocycles. The average Bonchev–Trinajstić information content (AvgIpc) is 3.27. The first-order chi connectivity index (χ1) is 13.6. The van der Waals surface area contributed by atoms with E-state index in [4.69, 9.17) is 5.73 Å². The van der Waals surface area contributed by atoms with Gasteiger partial charge in [0.15, 0.2) is 0 Å². The van der Waals surface area contributed by atoms with Crippen LogP contribution in [-0.2, 0) is 19.5 Å². The number of nitrogens with two attached hydrogens (primary N) is 1. The normalized spacial score (nSPS) is 13.8. The second kappa shape index (κ2) is 7.30. The Labute approximate surface area is 162 Å². The van der Waals surface area contributed by atoms with Gasteiger partial charge in [0.2, 0.25) is 0 Å². The predicted octanol–water partition coefficient (Wildman–Crippen LogP) is 1.56. The number of rotatable bonds is 4. The number of hydrogen-bond acceptors (Lipinski definition) is 4. The van der Waals surface area contributed by atoms with Gasteiger partial charge in [-0.1, -0.05) is 30.3 Å². The first kappa shape index (κ1) is 18.0. The van der Waals surface area contributed by atoms with Crippen LogP contribution in [0.15, 0.2) is 42.6 Å². The van der Waals surface area contributed by atoms with Crippen LogP contribution >= 0.6 is 0 Å². The Hall–Kier alpha value is -3.42. The molecule has 0 fully saturated rings. The number of amides is 2. The highest BCUT2D eigenvalue weighted by Crippen LogP contribution is 2.25. The zero-order valence-electron chi connectivity index (χ0n) is 15.7. The summed E-state index contributed by atoms with van der Waals surface area (Å²) in [5.41, 5.74) is 8.14. The van der Waals surface area contributed by atoms with Crippen LogP contribution < -0.4 is 5.73 Å². The van der Waals surface area contributed by atoms with Crippen molar-refractivity contribution < 1.29 is 9.59 Å². The predicted molar refractivity (Wildman–Crippen MR) is 104 cm³/mol. The van der Waals surface area contributed by atoms with Crippen molar-refractivity contribution in [1.82, 2.24) is 24.2 Å². The Morgan fingerprint density at radius 3 is 2.61 bits per heavy atom. The summed E-state index contributed by atoms with van der Waals surface area (Å²) in [5, 5.41) is 4.19. The van der Waals surface area contributed by atoms with Gasteiger partial charge >= 0.3 is 0 Å². The smallest absolute Gasteiger partial charge is 0.272 e. The molecule has 0 spiro atoms. The molecule has 0 atom stereocenters. The molecule has 0 aliphatic carbocycles. The van der Waals surface area contributed by atoms with E-state index in [-0.39, 0.29) is 11.6 Å². The van der Waals surface area contributed by atoms with Gasteiger partial charge in [0, 0.05) is 44.4 Å². The maximum Gasteiger partial charge on any atom is 0.272 e. The van der Waals surface area contributed by atoms with Crippen molar-refractivity contribution in [2.45, 2.75) is 26.4 Å². The Morgan fingerprint density at radius 2 is 1.89 bits per heavy atom. The SMILES string of the molecule is CCn1nccc1C(=O)N1CCc2c(C(N)=O)nc(-c3ccccc3)n2CC1. The molecule has 1 aliphatic heterocycles. The summed E-state index contributed by atoms with van der Waals surface area (Å²) in [4.78, 5) is 31.3. The van der Waals surface area contributed by atoms with Crippen molar-refractivity contribution in [3.63, 3.8) is 0 Å². The fourth-order valence-corrected chi connectivity index (χ4v) is 3.69. The monoisotopic (exact) mass is 378 g/mol. The van der Waals surface area contributed by atoms with E-state index in [9.17, 15) is 9.59 Å². The highest BCUT2D eigenvalue weighted by Gasteiger charge is 2.27. The van der Waals surface area contributed by atoms with E-state index in [1.807, 2.05) is 41.8 Å². The lowest BCUT2D eigenvalue weighted by Gasteiger charge is -2.20. The second-order valence-electron chi connectivity index (χ2n) is 6.69. The summed E-state index contributed by atoms with van der Waals surface area (Å²) in [5.74, 6) is 0.104. The van der Waals surface area contributed by atoms with Gasteiger partial charge in [0.1, 0.15) is 17.2 Å². The number of imidazole rings is 1. The Balaban J connectivity index is 1.67. The zero-order valence-corrected chi connectivity index (χ0v) is 15.7. The molecule has 8 nitrogen and oxygen atoms in total. The number of nitrogens with zero attached hydrogens (tertiary/aromatic N) is 5. The van der Waals surface area contributed by atoms with E-state index in [2.05, 4.69) is 10.1 Å². The highest BCUT2D eigenvalue weighted by molar-refractivity contribution is 5.94. The summed E-state index contributed by atoms with van der Waals surface area (Å²) in [6.07, 6.45) is 2.16. The van der Waals surface area contributed by atoms with Crippen molar-refractivity contribution in [1.29, 1.82) is 0 Å². The van der Waals surface area contributed by atoms with Crippen molar-refractivity contribution in [3.8, 4) is 11.4 Å². The quantitative estimate of drug-likeness (QED) is 0.745. The number of aryl methyl sites for hydroxylation is 1. The summed E-state index contributed by atoms with van der Waals surface area (Å²) < 4.78 is 3.71. The van der Waals surface area contributed by atoms with E-state index in [0.29, 0.717) is 44.1 Å². The van der Waals surface area contributed by atoms with E-state index >= 15 is 0 Å². The molecule has 3 aromatic rings. The van der Waals surface area contributed by atoms with Crippen LogP contribution in [0.5, 0.6) is 0 Å². The van der Waals surface area contributed by atoms with E-state index in [1.54, 1.807) is 21.8 Å². The molecule has 8 heteroatoms. The molecule has 4 rings (SSSR count). The molecule has 0 unspecified atom stereocenters. The van der Waals surface area contributed by atoms with Crippen LogP contribution in [-0.4, -0.2) is 49.1 Å². The van der Waals surface area contributed by atoms with Gasteiger partial charge in [-0.05, 0) is 13.0 Å². The minimum atomic E-state index is -0.547. The third-order valence-corrected chi connectivity index (χ3v) is 5.07. The molecule has 3 heterocycles. The van der Waals surface area contributed by atoms with E-state index < -0.39 is 5.91 Å². The fourth-order valence-electron chi connectivity index (χ4n) is 3.69. The Bertz CT molecular complexity index is 1020. The average molecular weight is 378 g/mol. The lowest BCUT2D eigenvalue weighted by Crippen LogP contribution is -2.35. The first-order valence-electron chi connectivity index (χ1n) is 9.36. The Morgan fingerprint density at radius 1 is 1.11 bits per heavy atom. The molecule has 2 N–H and O–H groups in total. The zero-order chi connectivity index (χ0) is 19.7. The van der Waals surface area contributed by atoms with Crippen LogP contribution in [0.4, 0.5) is 0 Å². The molecule has 28 heavy (non-hydrogen) atoms. The fraction of sp³-hybridized carbons (Fsp3) is 0.300. The van der Waals surface area contributed by atoms with Gasteiger partial charge in [-0.3, -0.25) is 14.3 Å². The van der Waals surface area contributed by atoms with Crippen LogP contribution in [0.1, 0.15) is 33.6 Å². The molecule has 0 bridgehead atoms. The van der Waals surface area contributed by atoms with Gasteiger partial charge in [-0.15, -0.1) is 0 Å². The number of primary amides is 1. The molecule has 144 valence electrons. The third kappa shape index (κ3) is 3.06. The summed E-state index contributed by atoms with van der Waals surface area (Å²) in [7, 11) is 0. The number of carbonyl (C=O) groups excluding carboxylic acids is 2. The van der Waals surface area contributed by atoms with Crippen LogP contribution in [0, 0.1) is 0 Å². The van der Waals surface area contributed by atoms with Gasteiger partial charge in [0.05, 0.1) is 5.69 Å². The van der Waals surface area contributed by atoms with Gasteiger partial charge in [-0.2, -0.15) is 5.10 Å². The summed E-state index contributed by atoms with van der Waals surface area (Å²) in [6.45, 7) is 4.15. The summed E-state index contributed by atoms with van der Waals surface area (Å²) >= 11 is 0. The molecule has 2 aromatic heterocycles. The van der Waals surface area contributed by atoms with Crippen LogP contribution in [0.25, 0.3) is 11.4 Å². The number of carbonyl (C=O) groups is 2. The van der Waals surface area contributed by atoms with E-state index in [1.165, 1.54) is 0 Å². The minimum absolute atomic E-state index is 0.0556. The number of aromatic nitrogens is 4. The molecule has 0 saturated heterocycles. The lowest BCUT2D eigenvalue weighted by atomic mass is 10.2. The second-order valence-corrected chi connectivity index (χ2v) is 6.69. The standard InChI is InChI=1S/C20H22N6O2/c1-2-26-16(8-10-22-26)20(28)24-11-9-15-17(18(21)27)23-19(25(15)13-12-24)14-6-4-3-5-7-14/h3-8,10H,2,9,11-13H2,1H3,(H2,21,27). The number of fused-ring (bicyclic) bond motifs is 1. The summed E-state index contributed by atoms with van der Waals surface area (Å²) in [6, 6.07) is 11.4. The first-order valence-corrected chi connectivity index (χ1v) is 9.36. The highest BCUT2D eigenvalue weighted by atomic mass is 16.2. The van der Waals surface area contributed by atoms with Crippen LogP contribution in [0.3, 0.4) is 0 Å². The Kier molecular flexibility index (Phi) is 4.68. The van der Waals surface area contributed by atoms with Crippen molar-refractivity contribution >= 4 is 11.8 Å². The maximum absolute atomic E-state index is 13.0. The molecule has 1 aliphatic rings. The van der Waals surface area contributed by atoms with Crippen molar-refractivity contribution in [2.24, 2.45) is 5.73 Å². The minimum Gasteiger partial charge on any atom is -0.364 e. The largest absolute Gasteiger partial charge is 0.364 e. The molecule has 2 amide bonds. The van der Waals surface area contributed by atoms with Crippen LogP contribution in [0.2, 0.25) is 0 Å². The van der Waals surface area contributed by atoms with E-state index in [0.717, 1.165) is 11.3 Å². The molecule has 0 radical (unpaired) electrons. The molecular weight excluding hydrogens is 356 g/mol. The maximum atomic E-state index is 13.0. The molecular formula is C20H22N6O2. The van der Waals surface area contributed by atoms with Crippen molar-refractivity contribution in [2.75, 3.05) is 13.1 Å². The van der Waals surface area contributed by atoms with Gasteiger partial charge in [-0.25, -0.2) is 4.98 Å². The van der Waals surface area contributed by atoms with Gasteiger partial charge in [0.25, 0.3) is 11.8 Å². The number of benzene rings is 1. The topological polar surface area (TPSA) is 99.0 Å². The van der Waals surface area contributed by atoms with Gasteiger partial charge < -0.3 is 15.2 Å². The third-order valence-electron chi connectivity index (χ3n) is 5.07.